The van der Waals surface area contributed by atoms with Crippen LogP contribution in [0.3, 0.4) is 0 Å². The van der Waals surface area contributed by atoms with E-state index in [0.29, 0.717) is 18.0 Å². The summed E-state index contributed by atoms with van der Waals surface area (Å²) in [6.07, 6.45) is -3.42. The average molecular weight is 761 g/mol. The predicted molar refractivity (Wildman–Crippen MR) is 205 cm³/mol. The van der Waals surface area contributed by atoms with E-state index in [1.165, 1.54) is 16.8 Å². The number of fused-ring (bicyclic) bond motifs is 1. The number of likely N-dealkylation sites (N-methyl/N-ethyl adjacent to an activating group) is 1. The highest BCUT2D eigenvalue weighted by Crippen LogP contribution is 2.41. The second-order valence-corrected chi connectivity index (χ2v) is 14.3. The van der Waals surface area contributed by atoms with Gasteiger partial charge in [0.2, 0.25) is 0 Å². The first-order chi connectivity index (χ1) is 26.4. The van der Waals surface area contributed by atoms with Crippen LogP contribution in [0.5, 0.6) is 11.5 Å². The molecule has 0 radical (unpaired) electrons. The minimum Gasteiger partial charge on any atom is -0.542 e. The van der Waals surface area contributed by atoms with Crippen molar-refractivity contribution < 1.29 is 41.8 Å². The quantitative estimate of drug-likeness (QED) is 0.136. The normalized spacial score (nSPS) is 15.6. The topological polar surface area (TPSA) is 85.4 Å². The van der Waals surface area contributed by atoms with Gasteiger partial charge in [0.25, 0.3) is 5.91 Å². The van der Waals surface area contributed by atoms with E-state index >= 15 is 0 Å². The van der Waals surface area contributed by atoms with Gasteiger partial charge >= 0.3 is 6.18 Å². The van der Waals surface area contributed by atoms with Gasteiger partial charge in [0.1, 0.15) is 5.97 Å². The smallest absolute Gasteiger partial charge is 0.430 e. The van der Waals surface area contributed by atoms with Crippen molar-refractivity contribution in [2.45, 2.75) is 51.6 Å². The lowest BCUT2D eigenvalue weighted by Gasteiger charge is -2.42. The Bertz CT molecular complexity index is 1830. The Morgan fingerprint density at radius 1 is 0.873 bits per heavy atom. The number of alkyl halides is 3. The lowest BCUT2D eigenvalue weighted by Crippen LogP contribution is -2.57. The van der Waals surface area contributed by atoms with E-state index in [-0.39, 0.29) is 11.9 Å². The van der Waals surface area contributed by atoms with Crippen LogP contribution in [0.1, 0.15) is 58.4 Å². The monoisotopic (exact) mass is 760 g/mol. The summed E-state index contributed by atoms with van der Waals surface area (Å²) in [5, 5.41) is 8.78. The van der Waals surface area contributed by atoms with E-state index in [1.54, 1.807) is 14.2 Å². The molecular formula is C43H51F3N4O5. The SMILES string of the molecule is CC[N+]1(C)CCN(c2cccc3c2CN([C@H](CCCN(Cc2ccccc2)Cc2ccccc2)c2ccc(OC)c(OC)c2)C3=O)CC1.O=C([O-])C(F)(F)F. The highest BCUT2D eigenvalue weighted by atomic mass is 19.4. The number of quaternary nitrogens is 1. The van der Waals surface area contributed by atoms with Crippen molar-refractivity contribution in [2.75, 3.05) is 65.4 Å². The number of hydrogen-bond donors (Lipinski definition) is 0. The number of methoxy groups -OCH3 is 2. The third-order valence-corrected chi connectivity index (χ3v) is 10.7. The van der Waals surface area contributed by atoms with Crippen molar-refractivity contribution in [1.82, 2.24) is 9.80 Å². The Balaban J connectivity index is 0.000000757. The van der Waals surface area contributed by atoms with Gasteiger partial charge in [-0.15, -0.1) is 0 Å². The van der Waals surface area contributed by atoms with E-state index in [4.69, 9.17) is 19.4 Å². The Morgan fingerprint density at radius 3 is 1.98 bits per heavy atom. The molecule has 0 N–H and O–H groups in total. The number of benzene rings is 4. The van der Waals surface area contributed by atoms with E-state index in [1.807, 2.05) is 12.1 Å². The van der Waals surface area contributed by atoms with Gasteiger partial charge in [-0.2, -0.15) is 13.2 Å². The molecule has 2 heterocycles. The maximum Gasteiger partial charge on any atom is 0.430 e. The molecule has 1 atom stereocenters. The summed E-state index contributed by atoms with van der Waals surface area (Å²) >= 11 is 0. The van der Waals surface area contributed by atoms with Gasteiger partial charge in [-0.05, 0) is 67.3 Å². The van der Waals surface area contributed by atoms with Crippen LogP contribution in [0.2, 0.25) is 0 Å². The fourth-order valence-corrected chi connectivity index (χ4v) is 7.36. The number of carbonyl (C=O) groups is 2. The Hall–Kier alpha value is -5.07. The van der Waals surface area contributed by atoms with Gasteiger partial charge < -0.3 is 33.7 Å². The third kappa shape index (κ3) is 10.6. The standard InChI is InChI=1S/C41H51N4O3.C2HF3O2/c1-5-45(2)26-24-43(25-27-45)38-19-12-18-35-36(38)31-44(41(35)46)37(34-21-22-39(47-3)40(28-34)48-4)20-13-23-42(29-32-14-8-6-9-15-32)30-33-16-10-7-11-17-33;3-2(4,5)1(6)7/h6-12,14-19,21-22,28,37H,5,13,20,23-27,29-31H2,1-4H3;(H,6,7)/q+1;/p-1/t37-;/m1./s1. The fraction of sp³-hybridized carbons (Fsp3) is 0.395. The maximum atomic E-state index is 14.3. The lowest BCUT2D eigenvalue weighted by molar-refractivity contribution is -0.908. The molecule has 12 heteroatoms. The first-order valence-electron chi connectivity index (χ1n) is 18.7. The molecule has 9 nitrogen and oxygen atoms in total. The van der Waals surface area contributed by atoms with Gasteiger partial charge in [-0.25, -0.2) is 0 Å². The van der Waals surface area contributed by atoms with Gasteiger partial charge in [-0.1, -0.05) is 72.8 Å². The second-order valence-electron chi connectivity index (χ2n) is 14.3. The highest BCUT2D eigenvalue weighted by molar-refractivity contribution is 6.00. The van der Waals surface area contributed by atoms with Gasteiger partial charge in [0.15, 0.2) is 11.5 Å². The van der Waals surface area contributed by atoms with Crippen LogP contribution >= 0.6 is 0 Å². The molecule has 294 valence electrons. The van der Waals surface area contributed by atoms with Crippen molar-refractivity contribution in [3.05, 3.63) is 125 Å². The number of ether oxygens (including phenoxy) is 2. The summed E-state index contributed by atoms with van der Waals surface area (Å²) in [5.74, 6) is -1.52. The Labute approximate surface area is 322 Å². The van der Waals surface area contributed by atoms with Crippen molar-refractivity contribution in [3.8, 4) is 11.5 Å². The van der Waals surface area contributed by atoms with Crippen LogP contribution in [0.4, 0.5) is 18.9 Å². The predicted octanol–water partition coefficient (Wildman–Crippen LogP) is 6.47. The zero-order chi connectivity index (χ0) is 39.6. The summed E-state index contributed by atoms with van der Waals surface area (Å²) in [4.78, 5) is 30.2. The van der Waals surface area contributed by atoms with Crippen LogP contribution in [-0.4, -0.2) is 92.9 Å². The first kappa shape index (κ1) is 41.1. The summed E-state index contributed by atoms with van der Waals surface area (Å²) in [6, 6.07) is 33.7. The number of piperazine rings is 1. The summed E-state index contributed by atoms with van der Waals surface area (Å²) in [7, 11) is 5.69. The van der Waals surface area contributed by atoms with Gasteiger partial charge in [0.05, 0.1) is 60.0 Å². The van der Waals surface area contributed by atoms with E-state index in [0.717, 1.165) is 86.4 Å². The molecule has 1 saturated heterocycles. The van der Waals surface area contributed by atoms with E-state index < -0.39 is 12.1 Å². The first-order valence-corrected chi connectivity index (χ1v) is 18.7. The van der Waals surface area contributed by atoms with Crippen LogP contribution in [0, 0.1) is 0 Å². The van der Waals surface area contributed by atoms with Crippen molar-refractivity contribution in [2.24, 2.45) is 0 Å². The van der Waals surface area contributed by atoms with E-state index in [9.17, 15) is 18.0 Å². The molecule has 0 bridgehead atoms. The number of rotatable bonds is 14. The lowest BCUT2D eigenvalue weighted by atomic mass is 9.99. The molecule has 0 aromatic heterocycles. The molecule has 0 unspecified atom stereocenters. The van der Waals surface area contributed by atoms with Crippen molar-refractivity contribution in [1.29, 1.82) is 0 Å². The second kappa shape index (κ2) is 18.5. The number of anilines is 1. The number of carbonyl (C=O) groups excluding carboxylic acids is 2. The Morgan fingerprint density at radius 2 is 1.45 bits per heavy atom. The molecule has 0 spiro atoms. The molecule has 6 rings (SSSR count). The van der Waals surface area contributed by atoms with Crippen molar-refractivity contribution >= 4 is 17.6 Å². The molecule has 55 heavy (non-hydrogen) atoms. The molecule has 4 aromatic rings. The molecule has 1 amide bonds. The zero-order valence-corrected chi connectivity index (χ0v) is 32.1. The van der Waals surface area contributed by atoms with Crippen molar-refractivity contribution in [3.63, 3.8) is 0 Å². The number of halogens is 3. The fourth-order valence-electron chi connectivity index (χ4n) is 7.36. The number of hydrogen-bond acceptors (Lipinski definition) is 7. The minimum atomic E-state index is -5.19. The molecule has 1 fully saturated rings. The molecule has 2 aliphatic heterocycles. The van der Waals surface area contributed by atoms with Crippen LogP contribution in [-0.2, 0) is 24.4 Å². The number of nitrogens with zero attached hydrogens (tertiary/aromatic N) is 4. The number of amides is 1. The largest absolute Gasteiger partial charge is 0.542 e. The molecule has 4 aromatic carbocycles. The average Bonchev–Trinajstić information content (AvgIpc) is 3.53. The zero-order valence-electron chi connectivity index (χ0n) is 32.1. The molecule has 0 aliphatic carbocycles. The van der Waals surface area contributed by atoms with Crippen LogP contribution in [0.15, 0.2) is 97.1 Å². The van der Waals surface area contributed by atoms with Gasteiger partial charge in [0, 0.05) is 36.4 Å². The van der Waals surface area contributed by atoms with Gasteiger partial charge in [-0.3, -0.25) is 9.69 Å². The minimum absolute atomic E-state index is 0.103. The molecule has 0 saturated carbocycles. The number of carboxylic acid groups (broad SMARTS) is 1. The number of aliphatic carboxylic acids is 1. The van der Waals surface area contributed by atoms with Crippen LogP contribution < -0.4 is 19.5 Å². The highest BCUT2D eigenvalue weighted by Gasteiger charge is 2.37. The summed E-state index contributed by atoms with van der Waals surface area (Å²) in [6.45, 7) is 11.0. The number of carboxylic acids is 1. The molecule has 2 aliphatic rings. The van der Waals surface area contributed by atoms with Crippen LogP contribution in [0.25, 0.3) is 0 Å². The summed E-state index contributed by atoms with van der Waals surface area (Å²) < 4.78 is 44.0. The Kier molecular flexibility index (Phi) is 13.8. The summed E-state index contributed by atoms with van der Waals surface area (Å²) in [5.41, 5.74) is 6.90. The molecular weight excluding hydrogens is 709 g/mol. The third-order valence-electron chi connectivity index (χ3n) is 10.7. The maximum absolute atomic E-state index is 14.3. The van der Waals surface area contributed by atoms with E-state index in [2.05, 4.69) is 114 Å².